The molecule has 0 bridgehead atoms. The Labute approximate surface area is 148 Å². The molecule has 0 radical (unpaired) electrons. The molecule has 136 valence electrons. The maximum atomic E-state index is 12.4. The van der Waals surface area contributed by atoms with Gasteiger partial charge in [0.15, 0.2) is 0 Å². The largest absolute Gasteiger partial charge is 0.353 e. The highest BCUT2D eigenvalue weighted by Gasteiger charge is 2.46. The number of aryl methyl sites for hydroxylation is 1. The molecule has 0 atom stereocenters. The lowest BCUT2D eigenvalue weighted by Crippen LogP contribution is -2.64. The van der Waals surface area contributed by atoms with Gasteiger partial charge in [0.05, 0.1) is 29.2 Å². The molecule has 2 fully saturated rings. The van der Waals surface area contributed by atoms with Crippen molar-refractivity contribution in [2.75, 3.05) is 30.8 Å². The quantitative estimate of drug-likeness (QED) is 0.883. The fourth-order valence-electron chi connectivity index (χ4n) is 4.50. The number of nitrogens with one attached hydrogen (secondary N) is 1. The number of aromatic nitrogens is 3. The molecule has 1 aliphatic carbocycles. The van der Waals surface area contributed by atoms with E-state index in [0.29, 0.717) is 13.1 Å². The zero-order valence-corrected chi connectivity index (χ0v) is 15.6. The summed E-state index contributed by atoms with van der Waals surface area (Å²) in [6.07, 6.45) is 8.41. The number of sulfonamides is 1. The third kappa shape index (κ3) is 2.91. The van der Waals surface area contributed by atoms with Gasteiger partial charge in [-0.25, -0.2) is 13.4 Å². The van der Waals surface area contributed by atoms with Gasteiger partial charge in [-0.15, -0.1) is 0 Å². The average Bonchev–Trinajstić information content (AvgIpc) is 2.95. The molecule has 2 aliphatic rings. The molecule has 3 heterocycles. The van der Waals surface area contributed by atoms with Crippen LogP contribution in [0.3, 0.4) is 0 Å². The highest BCUT2D eigenvalue weighted by atomic mass is 32.2. The van der Waals surface area contributed by atoms with Crippen molar-refractivity contribution in [1.29, 1.82) is 0 Å². The number of hydrogen-bond acceptors (Lipinski definition) is 5. The number of fused-ring (bicyclic) bond motifs is 1. The highest BCUT2D eigenvalue weighted by molar-refractivity contribution is 7.88. The number of nitrogens with zero attached hydrogens (tertiary/aromatic N) is 4. The summed E-state index contributed by atoms with van der Waals surface area (Å²) >= 11 is 0. The van der Waals surface area contributed by atoms with Crippen LogP contribution in [-0.2, 0) is 10.0 Å². The minimum Gasteiger partial charge on any atom is -0.353 e. The van der Waals surface area contributed by atoms with Gasteiger partial charge in [0.1, 0.15) is 5.82 Å². The summed E-state index contributed by atoms with van der Waals surface area (Å²) in [6.45, 7) is 3.90. The van der Waals surface area contributed by atoms with Crippen molar-refractivity contribution in [3.05, 3.63) is 18.0 Å². The SMILES string of the molecule is Cc1n[nH]c2cnc(N3CCN(S(C)(=O)=O)C4(CCCCC4)C3)cc12. The normalized spacial score (nSPS) is 21.9. The standard InChI is InChI=1S/C17H25N5O2S/c1-13-14-10-16(18-11-15(14)20-19-13)21-8-9-22(25(2,23)24)17(12-21)6-4-3-5-7-17/h10-11H,3-9,12H2,1-2H3,(H,19,20). The van der Waals surface area contributed by atoms with E-state index in [-0.39, 0.29) is 5.54 Å². The molecule has 7 nitrogen and oxygen atoms in total. The Balaban J connectivity index is 1.68. The monoisotopic (exact) mass is 363 g/mol. The van der Waals surface area contributed by atoms with Crippen LogP contribution in [0.4, 0.5) is 5.82 Å². The molecule has 2 aromatic rings. The van der Waals surface area contributed by atoms with Crippen LogP contribution in [0.15, 0.2) is 12.3 Å². The van der Waals surface area contributed by atoms with Crippen molar-refractivity contribution in [2.45, 2.75) is 44.6 Å². The molecule has 25 heavy (non-hydrogen) atoms. The van der Waals surface area contributed by atoms with Gasteiger partial charge in [0.25, 0.3) is 0 Å². The van der Waals surface area contributed by atoms with Gasteiger partial charge in [0.2, 0.25) is 10.0 Å². The molecule has 0 amide bonds. The number of H-pyrrole nitrogens is 1. The van der Waals surface area contributed by atoms with E-state index in [1.807, 2.05) is 13.1 Å². The van der Waals surface area contributed by atoms with Crippen molar-refractivity contribution >= 4 is 26.7 Å². The molecule has 0 unspecified atom stereocenters. The third-order valence-electron chi connectivity index (χ3n) is 5.72. The van der Waals surface area contributed by atoms with Crippen LogP contribution < -0.4 is 4.90 Å². The van der Waals surface area contributed by atoms with E-state index in [1.165, 1.54) is 12.7 Å². The van der Waals surface area contributed by atoms with Crippen LogP contribution >= 0.6 is 0 Å². The first-order chi connectivity index (χ1) is 11.9. The van der Waals surface area contributed by atoms with Gasteiger partial charge in [-0.3, -0.25) is 5.10 Å². The summed E-state index contributed by atoms with van der Waals surface area (Å²) in [5.74, 6) is 0.912. The van der Waals surface area contributed by atoms with Gasteiger partial charge in [-0.05, 0) is 25.8 Å². The summed E-state index contributed by atoms with van der Waals surface area (Å²) in [5, 5.41) is 8.30. The van der Waals surface area contributed by atoms with E-state index < -0.39 is 10.0 Å². The molecule has 1 saturated heterocycles. The van der Waals surface area contributed by atoms with E-state index in [1.54, 1.807) is 4.31 Å². The number of piperazine rings is 1. The molecule has 4 rings (SSSR count). The maximum Gasteiger partial charge on any atom is 0.211 e. The second kappa shape index (κ2) is 5.95. The van der Waals surface area contributed by atoms with Gasteiger partial charge >= 0.3 is 0 Å². The first kappa shape index (κ1) is 16.8. The number of hydrogen-bond donors (Lipinski definition) is 1. The second-order valence-corrected chi connectivity index (χ2v) is 9.35. The number of aromatic amines is 1. The van der Waals surface area contributed by atoms with Gasteiger partial charge in [-0.2, -0.15) is 9.40 Å². The zero-order chi connectivity index (χ0) is 17.7. The van der Waals surface area contributed by atoms with Crippen molar-refractivity contribution in [3.63, 3.8) is 0 Å². The van der Waals surface area contributed by atoms with E-state index in [9.17, 15) is 8.42 Å². The Morgan fingerprint density at radius 2 is 1.96 bits per heavy atom. The predicted octanol–water partition coefficient (Wildman–Crippen LogP) is 2.05. The Morgan fingerprint density at radius 1 is 1.20 bits per heavy atom. The van der Waals surface area contributed by atoms with Gasteiger partial charge < -0.3 is 4.90 Å². The molecule has 0 aromatic carbocycles. The van der Waals surface area contributed by atoms with Gasteiger partial charge in [0, 0.05) is 25.0 Å². The van der Waals surface area contributed by atoms with E-state index in [2.05, 4.69) is 26.1 Å². The maximum absolute atomic E-state index is 12.4. The lowest BCUT2D eigenvalue weighted by molar-refractivity contribution is 0.115. The first-order valence-electron chi connectivity index (χ1n) is 8.93. The zero-order valence-electron chi connectivity index (χ0n) is 14.8. The fraction of sp³-hybridized carbons (Fsp3) is 0.647. The number of rotatable bonds is 2. The van der Waals surface area contributed by atoms with Crippen LogP contribution in [-0.4, -0.2) is 59.3 Å². The molecule has 8 heteroatoms. The van der Waals surface area contributed by atoms with Crippen molar-refractivity contribution in [3.8, 4) is 0 Å². The number of pyridine rings is 1. The molecule has 1 spiro atoms. The minimum atomic E-state index is -3.20. The number of anilines is 1. The van der Waals surface area contributed by atoms with Crippen molar-refractivity contribution in [1.82, 2.24) is 19.5 Å². The summed E-state index contributed by atoms with van der Waals surface area (Å²) < 4.78 is 26.5. The second-order valence-electron chi connectivity index (χ2n) is 7.44. The summed E-state index contributed by atoms with van der Waals surface area (Å²) in [4.78, 5) is 6.84. The molecular formula is C17H25N5O2S. The van der Waals surface area contributed by atoms with E-state index >= 15 is 0 Å². The van der Waals surface area contributed by atoms with Crippen molar-refractivity contribution < 1.29 is 8.42 Å². The first-order valence-corrected chi connectivity index (χ1v) is 10.8. The van der Waals surface area contributed by atoms with Crippen LogP contribution in [0, 0.1) is 6.92 Å². The van der Waals surface area contributed by atoms with Crippen LogP contribution in [0.2, 0.25) is 0 Å². The Bertz CT molecular complexity index is 886. The lowest BCUT2D eigenvalue weighted by Gasteiger charge is -2.51. The summed E-state index contributed by atoms with van der Waals surface area (Å²) in [5.41, 5.74) is 1.61. The van der Waals surface area contributed by atoms with Crippen molar-refractivity contribution in [2.24, 2.45) is 0 Å². The summed E-state index contributed by atoms with van der Waals surface area (Å²) in [7, 11) is -3.20. The van der Waals surface area contributed by atoms with Crippen LogP contribution in [0.25, 0.3) is 10.9 Å². The smallest absolute Gasteiger partial charge is 0.211 e. The Morgan fingerprint density at radius 3 is 2.68 bits per heavy atom. The van der Waals surface area contributed by atoms with Crippen LogP contribution in [0.5, 0.6) is 0 Å². The van der Waals surface area contributed by atoms with Crippen LogP contribution in [0.1, 0.15) is 37.8 Å². The lowest BCUT2D eigenvalue weighted by atomic mass is 9.80. The topological polar surface area (TPSA) is 82.2 Å². The molecule has 1 saturated carbocycles. The molecular weight excluding hydrogens is 338 g/mol. The third-order valence-corrected chi connectivity index (χ3v) is 7.09. The van der Waals surface area contributed by atoms with E-state index in [0.717, 1.165) is 54.6 Å². The highest BCUT2D eigenvalue weighted by Crippen LogP contribution is 2.39. The summed E-state index contributed by atoms with van der Waals surface area (Å²) in [6, 6.07) is 2.07. The molecule has 2 aromatic heterocycles. The Hall–Kier alpha value is -1.67. The average molecular weight is 363 g/mol. The molecule has 1 N–H and O–H groups in total. The predicted molar refractivity (Wildman–Crippen MR) is 98.2 cm³/mol. The molecule has 1 aliphatic heterocycles. The fourth-order valence-corrected chi connectivity index (χ4v) is 5.86. The minimum absolute atomic E-state index is 0.286. The van der Waals surface area contributed by atoms with E-state index in [4.69, 9.17) is 0 Å². The van der Waals surface area contributed by atoms with Gasteiger partial charge in [-0.1, -0.05) is 19.3 Å². The Kier molecular flexibility index (Phi) is 3.99.